The highest BCUT2D eigenvalue weighted by molar-refractivity contribution is 6.00. The molecule has 1 aromatic carbocycles. The van der Waals surface area contributed by atoms with Crippen molar-refractivity contribution in [2.24, 2.45) is 0 Å². The molecule has 116 valence electrons. The Labute approximate surface area is 127 Å². The van der Waals surface area contributed by atoms with Crippen LogP contribution in [0.2, 0.25) is 0 Å². The van der Waals surface area contributed by atoms with E-state index in [9.17, 15) is 9.18 Å². The Hall–Kier alpha value is -1.22. The van der Waals surface area contributed by atoms with E-state index in [0.29, 0.717) is 5.56 Å². The van der Waals surface area contributed by atoms with Gasteiger partial charge in [-0.2, -0.15) is 0 Å². The van der Waals surface area contributed by atoms with Crippen LogP contribution in [-0.2, 0) is 0 Å². The largest absolute Gasteiger partial charge is 0.293 e. The maximum atomic E-state index is 13.0. The van der Waals surface area contributed by atoms with Crippen molar-refractivity contribution < 1.29 is 9.18 Å². The van der Waals surface area contributed by atoms with Crippen LogP contribution >= 0.6 is 0 Å². The second-order valence-corrected chi connectivity index (χ2v) is 5.98. The fourth-order valence-electron chi connectivity index (χ4n) is 3.10. The first kappa shape index (κ1) is 16.2. The molecule has 0 spiro atoms. The Balaban J connectivity index is 2.02. The van der Waals surface area contributed by atoms with Crippen molar-refractivity contribution >= 4 is 5.78 Å². The van der Waals surface area contributed by atoms with Gasteiger partial charge in [0.25, 0.3) is 0 Å². The summed E-state index contributed by atoms with van der Waals surface area (Å²) in [7, 11) is 0. The molecule has 0 bridgehead atoms. The average Bonchev–Trinajstić information content (AvgIpc) is 3.01. The van der Waals surface area contributed by atoms with Crippen molar-refractivity contribution in [2.45, 2.75) is 57.9 Å². The fourth-order valence-corrected chi connectivity index (χ4v) is 3.10. The number of unbranched alkanes of at least 4 members (excludes halogenated alkanes) is 3. The zero-order valence-corrected chi connectivity index (χ0v) is 13.0. The maximum absolute atomic E-state index is 13.0. The predicted octanol–water partition coefficient (Wildman–Crippen LogP) is 4.44. The Morgan fingerprint density at radius 2 is 1.81 bits per heavy atom. The Kier molecular flexibility index (Phi) is 6.37. The number of benzene rings is 1. The van der Waals surface area contributed by atoms with Gasteiger partial charge in [0.1, 0.15) is 5.82 Å². The highest BCUT2D eigenvalue weighted by Crippen LogP contribution is 2.21. The summed E-state index contributed by atoms with van der Waals surface area (Å²) in [5.74, 6) is -0.124. The van der Waals surface area contributed by atoms with Gasteiger partial charge in [0.2, 0.25) is 0 Å². The minimum Gasteiger partial charge on any atom is -0.293 e. The highest BCUT2D eigenvalue weighted by Gasteiger charge is 2.28. The average molecular weight is 291 g/mol. The number of likely N-dealkylation sites (tertiary alicyclic amines) is 1. The second kappa shape index (κ2) is 8.28. The minimum absolute atomic E-state index is 0.0187. The molecule has 0 N–H and O–H groups in total. The van der Waals surface area contributed by atoms with E-state index in [2.05, 4.69) is 11.8 Å². The number of carbonyl (C=O) groups is 1. The molecule has 3 heteroatoms. The zero-order chi connectivity index (χ0) is 15.1. The van der Waals surface area contributed by atoms with Crippen LogP contribution in [0.15, 0.2) is 24.3 Å². The van der Waals surface area contributed by atoms with E-state index in [0.717, 1.165) is 25.9 Å². The van der Waals surface area contributed by atoms with Crippen LogP contribution in [0, 0.1) is 5.82 Å². The third-order valence-corrected chi connectivity index (χ3v) is 4.34. The molecule has 1 aliphatic rings. The van der Waals surface area contributed by atoms with Crippen molar-refractivity contribution in [1.29, 1.82) is 0 Å². The molecule has 0 radical (unpaired) electrons. The molecule has 0 saturated carbocycles. The molecular formula is C18H26FNO. The Morgan fingerprint density at radius 3 is 2.43 bits per heavy atom. The number of carbonyl (C=O) groups excluding carboxylic acids is 1. The van der Waals surface area contributed by atoms with Gasteiger partial charge >= 0.3 is 0 Å². The molecule has 2 nitrogen and oxygen atoms in total. The molecule has 1 saturated heterocycles. The van der Waals surface area contributed by atoms with Crippen LogP contribution in [0.3, 0.4) is 0 Å². The number of halogens is 1. The lowest BCUT2D eigenvalue weighted by molar-refractivity contribution is 0.0834. The number of Topliss-reactive ketones (excluding diaryl/α,β-unsaturated/α-hetero) is 1. The first-order chi connectivity index (χ1) is 10.2. The summed E-state index contributed by atoms with van der Waals surface area (Å²) >= 11 is 0. The van der Waals surface area contributed by atoms with E-state index >= 15 is 0 Å². The standard InChI is InChI=1S/C18H26FNO/c1-2-3-4-5-8-17(20-13-6-7-14-20)18(21)15-9-11-16(19)12-10-15/h9-12,17H,2-8,13-14H2,1H3. The molecule has 1 aromatic rings. The van der Waals surface area contributed by atoms with Crippen LogP contribution in [0.25, 0.3) is 0 Å². The SMILES string of the molecule is CCCCCCC(C(=O)c1ccc(F)cc1)N1CCCC1. The molecule has 1 atom stereocenters. The summed E-state index contributed by atoms with van der Waals surface area (Å²) in [5, 5.41) is 0. The van der Waals surface area contributed by atoms with Gasteiger partial charge in [0.05, 0.1) is 6.04 Å². The maximum Gasteiger partial charge on any atom is 0.179 e. The predicted molar refractivity (Wildman–Crippen MR) is 84.1 cm³/mol. The van der Waals surface area contributed by atoms with Gasteiger partial charge in [0, 0.05) is 5.56 Å². The van der Waals surface area contributed by atoms with E-state index in [1.807, 2.05) is 0 Å². The summed E-state index contributed by atoms with van der Waals surface area (Å²) in [6.07, 6.45) is 8.03. The molecule has 1 fully saturated rings. The quantitative estimate of drug-likeness (QED) is 0.521. The highest BCUT2D eigenvalue weighted by atomic mass is 19.1. The number of hydrogen-bond acceptors (Lipinski definition) is 2. The second-order valence-electron chi connectivity index (χ2n) is 5.98. The summed E-state index contributed by atoms with van der Waals surface area (Å²) in [6.45, 7) is 4.23. The number of hydrogen-bond donors (Lipinski definition) is 0. The molecule has 21 heavy (non-hydrogen) atoms. The summed E-state index contributed by atoms with van der Waals surface area (Å²) < 4.78 is 13.0. The fraction of sp³-hybridized carbons (Fsp3) is 0.611. The lowest BCUT2D eigenvalue weighted by atomic mass is 9.97. The van der Waals surface area contributed by atoms with E-state index in [-0.39, 0.29) is 17.6 Å². The van der Waals surface area contributed by atoms with Crippen molar-refractivity contribution in [3.63, 3.8) is 0 Å². The molecule has 0 amide bonds. The van der Waals surface area contributed by atoms with E-state index in [1.165, 1.54) is 44.2 Å². The molecule has 2 rings (SSSR count). The van der Waals surface area contributed by atoms with E-state index in [1.54, 1.807) is 12.1 Å². The Bertz CT molecular complexity index is 437. The lowest BCUT2D eigenvalue weighted by Gasteiger charge is -2.26. The molecule has 1 unspecified atom stereocenters. The number of rotatable bonds is 8. The third-order valence-electron chi connectivity index (χ3n) is 4.34. The van der Waals surface area contributed by atoms with Gasteiger partial charge in [-0.15, -0.1) is 0 Å². The molecule has 1 aliphatic heterocycles. The monoisotopic (exact) mass is 291 g/mol. The van der Waals surface area contributed by atoms with Crippen molar-refractivity contribution in [3.05, 3.63) is 35.6 Å². The van der Waals surface area contributed by atoms with Gasteiger partial charge in [-0.05, 0) is 56.6 Å². The smallest absolute Gasteiger partial charge is 0.179 e. The van der Waals surface area contributed by atoms with Crippen LogP contribution in [0.5, 0.6) is 0 Å². The van der Waals surface area contributed by atoms with Gasteiger partial charge in [-0.25, -0.2) is 4.39 Å². The molecule has 0 aromatic heterocycles. The van der Waals surface area contributed by atoms with Crippen LogP contribution < -0.4 is 0 Å². The minimum atomic E-state index is -0.285. The topological polar surface area (TPSA) is 20.3 Å². The lowest BCUT2D eigenvalue weighted by Crippen LogP contribution is -2.39. The van der Waals surface area contributed by atoms with Crippen LogP contribution in [0.1, 0.15) is 62.2 Å². The molecular weight excluding hydrogens is 265 g/mol. The normalized spacial score (nSPS) is 17.0. The summed E-state index contributed by atoms with van der Waals surface area (Å²) in [5.41, 5.74) is 0.642. The summed E-state index contributed by atoms with van der Waals surface area (Å²) in [4.78, 5) is 15.1. The van der Waals surface area contributed by atoms with Crippen LogP contribution in [-0.4, -0.2) is 29.8 Å². The number of nitrogens with zero attached hydrogens (tertiary/aromatic N) is 1. The van der Waals surface area contributed by atoms with Gasteiger partial charge in [-0.1, -0.05) is 32.6 Å². The summed E-state index contributed by atoms with van der Waals surface area (Å²) in [6, 6.07) is 5.98. The zero-order valence-electron chi connectivity index (χ0n) is 13.0. The van der Waals surface area contributed by atoms with Crippen molar-refractivity contribution in [1.82, 2.24) is 4.90 Å². The van der Waals surface area contributed by atoms with Crippen molar-refractivity contribution in [3.8, 4) is 0 Å². The number of ketones is 1. The molecule has 1 heterocycles. The van der Waals surface area contributed by atoms with Crippen molar-refractivity contribution in [2.75, 3.05) is 13.1 Å². The van der Waals surface area contributed by atoms with Gasteiger partial charge < -0.3 is 0 Å². The van der Waals surface area contributed by atoms with Crippen LogP contribution in [0.4, 0.5) is 4.39 Å². The first-order valence-electron chi connectivity index (χ1n) is 8.26. The first-order valence-corrected chi connectivity index (χ1v) is 8.26. The Morgan fingerprint density at radius 1 is 1.14 bits per heavy atom. The third kappa shape index (κ3) is 4.63. The van der Waals surface area contributed by atoms with E-state index < -0.39 is 0 Å². The van der Waals surface area contributed by atoms with E-state index in [4.69, 9.17) is 0 Å². The van der Waals surface area contributed by atoms with Gasteiger partial charge in [0.15, 0.2) is 5.78 Å². The van der Waals surface area contributed by atoms with Gasteiger partial charge in [-0.3, -0.25) is 9.69 Å². The molecule has 0 aliphatic carbocycles.